The molecule has 0 aliphatic heterocycles. The number of hydrogen-bond donors (Lipinski definition) is 2. The second kappa shape index (κ2) is 11.5. The molecular formula is C37H28N6. The van der Waals surface area contributed by atoms with Crippen LogP contribution in [0.4, 0.5) is 17.1 Å². The van der Waals surface area contributed by atoms with E-state index in [4.69, 9.17) is 15.0 Å². The molecule has 2 heterocycles. The highest BCUT2D eigenvalue weighted by Crippen LogP contribution is 2.34. The van der Waals surface area contributed by atoms with Crippen LogP contribution in [0.15, 0.2) is 140 Å². The smallest absolute Gasteiger partial charge is 0.164 e. The Morgan fingerprint density at radius 1 is 0.442 bits per heavy atom. The van der Waals surface area contributed by atoms with Crippen LogP contribution >= 0.6 is 0 Å². The van der Waals surface area contributed by atoms with Gasteiger partial charge in [-0.3, -0.25) is 4.98 Å². The van der Waals surface area contributed by atoms with Gasteiger partial charge in [-0.15, -0.1) is 0 Å². The zero-order valence-electron chi connectivity index (χ0n) is 23.6. The number of nitrogens with one attached hydrogen (secondary N) is 2. The first-order valence-electron chi connectivity index (χ1n) is 14.2. The summed E-state index contributed by atoms with van der Waals surface area (Å²) in [6, 6.07) is 45.0. The number of anilines is 3. The molecule has 5 aromatic carbocycles. The Balaban J connectivity index is 1.24. The molecule has 7 aromatic rings. The maximum Gasteiger partial charge on any atom is 0.164 e. The fourth-order valence-electron chi connectivity index (χ4n) is 5.14. The predicted octanol–water partition coefficient (Wildman–Crippen LogP) is 8.87. The van der Waals surface area contributed by atoms with E-state index >= 15 is 0 Å². The Bertz CT molecular complexity index is 1960. The third-order valence-corrected chi connectivity index (χ3v) is 7.38. The largest absolute Gasteiger partial charge is 0.386 e. The van der Waals surface area contributed by atoms with Crippen molar-refractivity contribution in [3.63, 3.8) is 0 Å². The van der Waals surface area contributed by atoms with Gasteiger partial charge in [-0.05, 0) is 35.4 Å². The van der Waals surface area contributed by atoms with Crippen LogP contribution in [0.2, 0.25) is 0 Å². The van der Waals surface area contributed by atoms with Gasteiger partial charge in [0.15, 0.2) is 17.5 Å². The lowest BCUT2D eigenvalue weighted by Crippen LogP contribution is -2.00. The van der Waals surface area contributed by atoms with Crippen molar-refractivity contribution in [3.05, 3.63) is 140 Å². The molecule has 7 rings (SSSR count). The molecule has 206 valence electrons. The summed E-state index contributed by atoms with van der Waals surface area (Å²) in [6.07, 6.45) is 1.83. The van der Waals surface area contributed by atoms with Crippen LogP contribution in [-0.4, -0.2) is 27.0 Å². The number of aromatic nitrogens is 4. The van der Waals surface area contributed by atoms with E-state index in [0.29, 0.717) is 17.5 Å². The van der Waals surface area contributed by atoms with Crippen LogP contribution in [0.5, 0.6) is 0 Å². The summed E-state index contributed by atoms with van der Waals surface area (Å²) in [6.45, 7) is 0. The molecule has 0 unspecified atom stereocenters. The normalized spacial score (nSPS) is 10.9. The van der Waals surface area contributed by atoms with Gasteiger partial charge in [0.2, 0.25) is 0 Å². The van der Waals surface area contributed by atoms with E-state index in [9.17, 15) is 0 Å². The molecule has 0 radical (unpaired) electrons. The maximum atomic E-state index is 4.86. The number of rotatable bonds is 7. The fraction of sp³-hybridized carbons (Fsp3) is 0.0270. The molecule has 0 aliphatic rings. The van der Waals surface area contributed by atoms with Crippen molar-refractivity contribution < 1.29 is 0 Å². The topological polar surface area (TPSA) is 75.6 Å². The Morgan fingerprint density at radius 2 is 0.977 bits per heavy atom. The lowest BCUT2D eigenvalue weighted by atomic mass is 10.0. The number of fused-ring (bicyclic) bond motifs is 1. The number of pyridine rings is 1. The van der Waals surface area contributed by atoms with Gasteiger partial charge in [0.1, 0.15) is 0 Å². The first-order valence-corrected chi connectivity index (χ1v) is 14.2. The Hall–Kier alpha value is -5.88. The molecule has 0 spiro atoms. The van der Waals surface area contributed by atoms with E-state index < -0.39 is 0 Å². The predicted molar refractivity (Wildman–Crippen MR) is 176 cm³/mol. The monoisotopic (exact) mass is 556 g/mol. The summed E-state index contributed by atoms with van der Waals surface area (Å²) in [5, 5.41) is 8.01. The number of hydrogen-bond acceptors (Lipinski definition) is 6. The highest BCUT2D eigenvalue weighted by atomic mass is 15.0. The minimum absolute atomic E-state index is 0.636. The highest BCUT2D eigenvalue weighted by Gasteiger charge is 2.13. The van der Waals surface area contributed by atoms with Gasteiger partial charge in [0, 0.05) is 41.0 Å². The minimum Gasteiger partial charge on any atom is -0.386 e. The van der Waals surface area contributed by atoms with Gasteiger partial charge in [0.25, 0.3) is 0 Å². The van der Waals surface area contributed by atoms with Crippen LogP contribution in [0, 0.1) is 0 Å². The molecule has 0 aliphatic carbocycles. The van der Waals surface area contributed by atoms with Gasteiger partial charge in [-0.1, -0.05) is 109 Å². The molecule has 6 heteroatoms. The Morgan fingerprint density at radius 3 is 1.60 bits per heavy atom. The zero-order valence-corrected chi connectivity index (χ0v) is 23.6. The van der Waals surface area contributed by atoms with Gasteiger partial charge in [0.05, 0.1) is 16.9 Å². The van der Waals surface area contributed by atoms with Crippen LogP contribution in [0.1, 0.15) is 0 Å². The standard InChI is InChI=1S/C37H28N6/c1-38-33-21-20-29(24-34(33)40-32-22-23-39-31-15-9-8-14-30(31)32)25-16-18-28(19-17-25)37-42-35(26-10-4-2-5-11-26)41-36(43-37)27-12-6-3-7-13-27/h2-24,38H,1H3,(H,39,40). The summed E-state index contributed by atoms with van der Waals surface area (Å²) in [4.78, 5) is 19.0. The second-order valence-corrected chi connectivity index (χ2v) is 10.1. The van der Waals surface area contributed by atoms with Crippen molar-refractivity contribution in [2.45, 2.75) is 0 Å². The van der Waals surface area contributed by atoms with Gasteiger partial charge in [-0.25, -0.2) is 15.0 Å². The zero-order chi connectivity index (χ0) is 29.0. The van der Waals surface area contributed by atoms with Crippen LogP contribution in [0.3, 0.4) is 0 Å². The first kappa shape index (κ1) is 26.0. The molecular weight excluding hydrogens is 528 g/mol. The van der Waals surface area contributed by atoms with Crippen molar-refractivity contribution in [1.29, 1.82) is 0 Å². The Labute approximate surface area is 250 Å². The molecule has 0 fully saturated rings. The van der Waals surface area contributed by atoms with Crippen molar-refractivity contribution in [3.8, 4) is 45.3 Å². The van der Waals surface area contributed by atoms with Gasteiger partial charge >= 0.3 is 0 Å². The molecule has 2 N–H and O–H groups in total. The van der Waals surface area contributed by atoms with E-state index in [1.807, 2.05) is 98.2 Å². The fourth-order valence-corrected chi connectivity index (χ4v) is 5.14. The lowest BCUT2D eigenvalue weighted by molar-refractivity contribution is 1.07. The molecule has 2 aromatic heterocycles. The van der Waals surface area contributed by atoms with Crippen LogP contribution in [-0.2, 0) is 0 Å². The second-order valence-electron chi connectivity index (χ2n) is 10.1. The first-order chi connectivity index (χ1) is 21.2. The van der Waals surface area contributed by atoms with E-state index in [-0.39, 0.29) is 0 Å². The van der Waals surface area contributed by atoms with E-state index in [0.717, 1.165) is 55.8 Å². The number of benzene rings is 5. The minimum atomic E-state index is 0.636. The van der Waals surface area contributed by atoms with E-state index in [1.165, 1.54) is 0 Å². The average Bonchev–Trinajstić information content (AvgIpc) is 3.09. The summed E-state index contributed by atoms with van der Waals surface area (Å²) < 4.78 is 0. The van der Waals surface area contributed by atoms with Crippen molar-refractivity contribution in [2.24, 2.45) is 0 Å². The average molecular weight is 557 g/mol. The number of nitrogens with zero attached hydrogens (tertiary/aromatic N) is 4. The highest BCUT2D eigenvalue weighted by molar-refractivity contribution is 5.94. The number of para-hydroxylation sites is 1. The molecule has 0 atom stereocenters. The van der Waals surface area contributed by atoms with Crippen molar-refractivity contribution in [2.75, 3.05) is 17.7 Å². The third kappa shape index (κ3) is 5.42. The van der Waals surface area contributed by atoms with Crippen molar-refractivity contribution >= 4 is 28.0 Å². The van der Waals surface area contributed by atoms with Crippen LogP contribution < -0.4 is 10.6 Å². The maximum absolute atomic E-state index is 4.86. The molecule has 6 nitrogen and oxygen atoms in total. The summed E-state index contributed by atoms with van der Waals surface area (Å²) >= 11 is 0. The quantitative estimate of drug-likeness (QED) is 0.204. The molecule has 0 saturated heterocycles. The summed E-state index contributed by atoms with van der Waals surface area (Å²) in [7, 11) is 1.93. The lowest BCUT2D eigenvalue weighted by Gasteiger charge is -2.15. The molecule has 0 saturated carbocycles. The molecule has 43 heavy (non-hydrogen) atoms. The van der Waals surface area contributed by atoms with Gasteiger partial charge in [-0.2, -0.15) is 0 Å². The third-order valence-electron chi connectivity index (χ3n) is 7.38. The SMILES string of the molecule is CNc1ccc(-c2ccc(-c3nc(-c4ccccc4)nc(-c4ccccc4)n3)cc2)cc1Nc1ccnc2ccccc12. The van der Waals surface area contributed by atoms with E-state index in [2.05, 4.69) is 64.1 Å². The summed E-state index contributed by atoms with van der Waals surface area (Å²) in [5.74, 6) is 1.93. The van der Waals surface area contributed by atoms with Crippen LogP contribution in [0.25, 0.3) is 56.2 Å². The van der Waals surface area contributed by atoms with Gasteiger partial charge < -0.3 is 10.6 Å². The molecule has 0 bridgehead atoms. The van der Waals surface area contributed by atoms with E-state index in [1.54, 1.807) is 0 Å². The Kier molecular flexibility index (Phi) is 6.99. The summed E-state index contributed by atoms with van der Waals surface area (Å²) in [5.41, 5.74) is 8.97. The van der Waals surface area contributed by atoms with Crippen molar-refractivity contribution in [1.82, 2.24) is 19.9 Å². The molecule has 0 amide bonds.